The highest BCUT2D eigenvalue weighted by atomic mass is 32.1. The third-order valence-corrected chi connectivity index (χ3v) is 3.97. The van der Waals surface area contributed by atoms with E-state index in [-0.39, 0.29) is 0 Å². The van der Waals surface area contributed by atoms with E-state index in [1.165, 1.54) is 38.8 Å². The van der Waals surface area contributed by atoms with E-state index in [0.717, 1.165) is 24.1 Å². The molecule has 0 radical (unpaired) electrons. The van der Waals surface area contributed by atoms with Gasteiger partial charge in [-0.25, -0.2) is 0 Å². The molecule has 2 aliphatic rings. The van der Waals surface area contributed by atoms with Crippen molar-refractivity contribution in [3.8, 4) is 0 Å². The first-order valence-electron chi connectivity index (χ1n) is 6.59. The lowest BCUT2D eigenvalue weighted by Gasteiger charge is -2.33. The van der Waals surface area contributed by atoms with Crippen LogP contribution < -0.4 is 10.6 Å². The summed E-state index contributed by atoms with van der Waals surface area (Å²) in [5.74, 6) is 0. The first kappa shape index (κ1) is 12.1. The van der Waals surface area contributed by atoms with Gasteiger partial charge in [0.15, 0.2) is 5.11 Å². The second kappa shape index (κ2) is 5.82. The van der Waals surface area contributed by atoms with Gasteiger partial charge < -0.3 is 10.6 Å². The molecule has 4 heteroatoms. The van der Waals surface area contributed by atoms with E-state index in [9.17, 15) is 0 Å². The molecule has 2 aliphatic heterocycles. The molecule has 2 heterocycles. The zero-order valence-electron chi connectivity index (χ0n) is 10.2. The average Bonchev–Trinajstić information content (AvgIpc) is 2.70. The quantitative estimate of drug-likeness (QED) is 0.732. The van der Waals surface area contributed by atoms with Crippen molar-refractivity contribution in [3.05, 3.63) is 0 Å². The van der Waals surface area contributed by atoms with Crippen LogP contribution in [0.25, 0.3) is 0 Å². The first-order chi connectivity index (χ1) is 7.81. The van der Waals surface area contributed by atoms with Crippen molar-refractivity contribution in [2.24, 2.45) is 0 Å². The Bertz CT molecular complexity index is 244. The minimum atomic E-state index is 0.581. The molecule has 2 unspecified atom stereocenters. The summed E-state index contributed by atoms with van der Waals surface area (Å²) in [6.45, 7) is 5.68. The Hall–Kier alpha value is -0.350. The van der Waals surface area contributed by atoms with Crippen LogP contribution in [-0.4, -0.2) is 41.7 Å². The zero-order valence-corrected chi connectivity index (χ0v) is 11.0. The molecule has 0 saturated carbocycles. The zero-order chi connectivity index (χ0) is 11.4. The van der Waals surface area contributed by atoms with Crippen LogP contribution >= 0.6 is 12.2 Å². The van der Waals surface area contributed by atoms with Gasteiger partial charge in [-0.2, -0.15) is 0 Å². The standard InChI is InChI=1S/C12H23N3S/c1-2-7-13-12(16)14-10-6-9-15-8-4-3-5-11(10)15/h10-11H,2-9H2,1H3,(H2,13,14,16). The van der Waals surface area contributed by atoms with Gasteiger partial charge in [-0.15, -0.1) is 0 Å². The van der Waals surface area contributed by atoms with Gasteiger partial charge in [0, 0.05) is 25.2 Å². The minimum absolute atomic E-state index is 0.581. The Morgan fingerprint density at radius 2 is 2.19 bits per heavy atom. The highest BCUT2D eigenvalue weighted by Crippen LogP contribution is 2.26. The molecule has 0 aromatic rings. The van der Waals surface area contributed by atoms with Crippen LogP contribution in [-0.2, 0) is 0 Å². The van der Waals surface area contributed by atoms with E-state index in [4.69, 9.17) is 12.2 Å². The summed E-state index contributed by atoms with van der Waals surface area (Å²) in [5, 5.41) is 7.59. The van der Waals surface area contributed by atoms with Gasteiger partial charge >= 0.3 is 0 Å². The normalized spacial score (nSPS) is 29.8. The second-order valence-corrected chi connectivity index (χ2v) is 5.30. The molecular weight excluding hydrogens is 218 g/mol. The Balaban J connectivity index is 1.79. The van der Waals surface area contributed by atoms with Crippen LogP contribution in [0.3, 0.4) is 0 Å². The third-order valence-electron chi connectivity index (χ3n) is 3.71. The summed E-state index contributed by atoms with van der Waals surface area (Å²) in [6.07, 6.45) is 6.48. The fourth-order valence-electron chi connectivity index (χ4n) is 2.87. The number of rotatable bonds is 3. The topological polar surface area (TPSA) is 27.3 Å². The molecule has 2 fully saturated rings. The molecule has 3 nitrogen and oxygen atoms in total. The Morgan fingerprint density at radius 3 is 3.00 bits per heavy atom. The minimum Gasteiger partial charge on any atom is -0.363 e. The van der Waals surface area contributed by atoms with Crippen molar-refractivity contribution >= 4 is 17.3 Å². The number of piperidine rings is 1. The molecule has 2 atom stereocenters. The lowest BCUT2D eigenvalue weighted by Crippen LogP contribution is -2.49. The van der Waals surface area contributed by atoms with Crippen molar-refractivity contribution in [1.29, 1.82) is 0 Å². The summed E-state index contributed by atoms with van der Waals surface area (Å²) in [6, 6.07) is 1.31. The van der Waals surface area contributed by atoms with Crippen molar-refractivity contribution in [1.82, 2.24) is 15.5 Å². The maximum Gasteiger partial charge on any atom is 0.166 e. The molecule has 0 bridgehead atoms. The Labute approximate surface area is 104 Å². The van der Waals surface area contributed by atoms with Crippen LogP contribution in [0.2, 0.25) is 0 Å². The molecular formula is C12H23N3S. The Kier molecular flexibility index (Phi) is 4.41. The van der Waals surface area contributed by atoms with Crippen molar-refractivity contribution in [2.75, 3.05) is 19.6 Å². The summed E-state index contributed by atoms with van der Waals surface area (Å²) >= 11 is 5.31. The number of nitrogens with one attached hydrogen (secondary N) is 2. The van der Waals surface area contributed by atoms with Gasteiger partial charge in [-0.05, 0) is 44.4 Å². The molecule has 2 rings (SSSR count). The second-order valence-electron chi connectivity index (χ2n) is 4.89. The van der Waals surface area contributed by atoms with Crippen LogP contribution in [0.15, 0.2) is 0 Å². The highest BCUT2D eigenvalue weighted by Gasteiger charge is 2.35. The molecule has 92 valence electrons. The van der Waals surface area contributed by atoms with Crippen LogP contribution in [0.4, 0.5) is 0 Å². The number of nitrogens with zero attached hydrogens (tertiary/aromatic N) is 1. The summed E-state index contributed by atoms with van der Waals surface area (Å²) in [7, 11) is 0. The molecule has 0 aliphatic carbocycles. The van der Waals surface area contributed by atoms with Crippen LogP contribution in [0, 0.1) is 0 Å². The first-order valence-corrected chi connectivity index (χ1v) is 7.00. The SMILES string of the molecule is CCCNC(=S)NC1CCN2CCCCC12. The lowest BCUT2D eigenvalue weighted by molar-refractivity contribution is 0.185. The summed E-state index contributed by atoms with van der Waals surface area (Å²) in [4.78, 5) is 2.63. The van der Waals surface area contributed by atoms with Gasteiger partial charge in [0.25, 0.3) is 0 Å². The number of hydrogen-bond acceptors (Lipinski definition) is 2. The third kappa shape index (κ3) is 2.86. The van der Waals surface area contributed by atoms with Gasteiger partial charge in [0.1, 0.15) is 0 Å². The fraction of sp³-hybridized carbons (Fsp3) is 0.917. The molecule has 0 spiro atoms. The van der Waals surface area contributed by atoms with Crippen molar-refractivity contribution < 1.29 is 0 Å². The Morgan fingerprint density at radius 1 is 1.31 bits per heavy atom. The molecule has 2 saturated heterocycles. The highest BCUT2D eigenvalue weighted by molar-refractivity contribution is 7.80. The largest absolute Gasteiger partial charge is 0.363 e. The summed E-state index contributed by atoms with van der Waals surface area (Å²) in [5.41, 5.74) is 0. The van der Waals surface area contributed by atoms with Crippen molar-refractivity contribution in [2.45, 2.75) is 51.1 Å². The van der Waals surface area contributed by atoms with Crippen LogP contribution in [0.5, 0.6) is 0 Å². The van der Waals surface area contributed by atoms with E-state index in [2.05, 4.69) is 22.5 Å². The van der Waals surface area contributed by atoms with Gasteiger partial charge in [0.05, 0.1) is 0 Å². The molecule has 0 aromatic carbocycles. The lowest BCUT2D eigenvalue weighted by atomic mass is 9.99. The predicted octanol–water partition coefficient (Wildman–Crippen LogP) is 1.49. The molecule has 0 aromatic heterocycles. The average molecular weight is 241 g/mol. The fourth-order valence-corrected chi connectivity index (χ4v) is 3.13. The van der Waals surface area contributed by atoms with E-state index in [1.807, 2.05) is 0 Å². The maximum atomic E-state index is 5.31. The number of hydrogen-bond donors (Lipinski definition) is 2. The van der Waals surface area contributed by atoms with E-state index < -0.39 is 0 Å². The van der Waals surface area contributed by atoms with Gasteiger partial charge in [-0.1, -0.05) is 13.3 Å². The smallest absolute Gasteiger partial charge is 0.166 e. The maximum absolute atomic E-state index is 5.31. The summed E-state index contributed by atoms with van der Waals surface area (Å²) < 4.78 is 0. The van der Waals surface area contributed by atoms with E-state index in [1.54, 1.807) is 0 Å². The van der Waals surface area contributed by atoms with Gasteiger partial charge in [-0.3, -0.25) is 4.90 Å². The molecule has 2 N–H and O–H groups in total. The van der Waals surface area contributed by atoms with Gasteiger partial charge in [0.2, 0.25) is 0 Å². The van der Waals surface area contributed by atoms with E-state index in [0.29, 0.717) is 6.04 Å². The number of fused-ring (bicyclic) bond motifs is 1. The number of thiocarbonyl (C=S) groups is 1. The monoisotopic (exact) mass is 241 g/mol. The van der Waals surface area contributed by atoms with Crippen LogP contribution in [0.1, 0.15) is 39.0 Å². The predicted molar refractivity (Wildman–Crippen MR) is 71.6 cm³/mol. The van der Waals surface area contributed by atoms with Crippen molar-refractivity contribution in [3.63, 3.8) is 0 Å². The molecule has 16 heavy (non-hydrogen) atoms. The molecule has 0 amide bonds. The van der Waals surface area contributed by atoms with E-state index >= 15 is 0 Å².